The summed E-state index contributed by atoms with van der Waals surface area (Å²) in [5, 5.41) is 3.66. The fourth-order valence-electron chi connectivity index (χ4n) is 4.57. The van der Waals surface area contributed by atoms with Crippen molar-refractivity contribution in [3.05, 3.63) is 95.5 Å². The van der Waals surface area contributed by atoms with Crippen LogP contribution in [0.2, 0.25) is 0 Å². The van der Waals surface area contributed by atoms with Crippen molar-refractivity contribution < 1.29 is 26.8 Å². The zero-order valence-corrected chi connectivity index (χ0v) is 21.6. The van der Waals surface area contributed by atoms with Crippen LogP contribution in [0.4, 0.5) is 10.1 Å². The minimum atomic E-state index is -3.61. The Morgan fingerprint density at radius 3 is 2.26 bits per heavy atom. The summed E-state index contributed by atoms with van der Waals surface area (Å²) in [6, 6.07) is 18.1. The van der Waals surface area contributed by atoms with E-state index >= 15 is 0 Å². The quantitative estimate of drug-likeness (QED) is 0.299. The first-order chi connectivity index (χ1) is 18.2. The van der Waals surface area contributed by atoms with E-state index in [-0.39, 0.29) is 28.5 Å². The number of sulfonamides is 1. The van der Waals surface area contributed by atoms with Gasteiger partial charge in [0.1, 0.15) is 11.4 Å². The van der Waals surface area contributed by atoms with E-state index in [2.05, 4.69) is 12.2 Å². The van der Waals surface area contributed by atoms with Crippen LogP contribution in [0.15, 0.2) is 82.1 Å². The van der Waals surface area contributed by atoms with E-state index < -0.39 is 21.6 Å². The molecular formula is C29H27FN2O5S. The number of ketones is 2. The predicted molar refractivity (Wildman–Crippen MR) is 142 cm³/mol. The van der Waals surface area contributed by atoms with Crippen molar-refractivity contribution in [2.45, 2.75) is 24.7 Å². The van der Waals surface area contributed by atoms with Crippen LogP contribution < -0.4 is 5.32 Å². The molecule has 1 aliphatic rings. The maximum atomic E-state index is 13.3. The van der Waals surface area contributed by atoms with Gasteiger partial charge in [-0.15, -0.1) is 0 Å². The maximum absolute atomic E-state index is 13.3. The van der Waals surface area contributed by atoms with Crippen LogP contribution >= 0.6 is 0 Å². The molecule has 3 aromatic carbocycles. The number of carbonyl (C=O) groups excluding carboxylic acids is 2. The van der Waals surface area contributed by atoms with Crippen molar-refractivity contribution in [3.63, 3.8) is 0 Å². The molecule has 0 bridgehead atoms. The fraction of sp³-hybridized carbons (Fsp3) is 0.241. The summed E-state index contributed by atoms with van der Waals surface area (Å²) in [6.07, 6.45) is 1.66. The van der Waals surface area contributed by atoms with E-state index in [4.69, 9.17) is 4.42 Å². The number of carbonyl (C=O) groups is 2. The van der Waals surface area contributed by atoms with E-state index in [0.29, 0.717) is 41.2 Å². The van der Waals surface area contributed by atoms with Gasteiger partial charge in [0.15, 0.2) is 11.5 Å². The van der Waals surface area contributed by atoms with Crippen LogP contribution in [0.5, 0.6) is 0 Å². The van der Waals surface area contributed by atoms with E-state index in [1.54, 1.807) is 24.3 Å². The molecule has 4 aromatic rings. The van der Waals surface area contributed by atoms with Crippen LogP contribution in [0, 0.1) is 11.7 Å². The predicted octanol–water partition coefficient (Wildman–Crippen LogP) is 5.52. The molecule has 0 atom stereocenters. The third kappa shape index (κ3) is 5.12. The molecule has 0 saturated carbocycles. The summed E-state index contributed by atoms with van der Waals surface area (Å²) in [6.45, 7) is 2.95. The van der Waals surface area contributed by atoms with Gasteiger partial charge in [-0.3, -0.25) is 9.59 Å². The first kappa shape index (κ1) is 25.8. The number of fused-ring (bicyclic) bond motifs is 1. The second-order valence-electron chi connectivity index (χ2n) is 9.53. The lowest BCUT2D eigenvalue weighted by Gasteiger charge is -2.29. The molecule has 1 N–H and O–H groups in total. The van der Waals surface area contributed by atoms with Gasteiger partial charge in [0.25, 0.3) is 0 Å². The van der Waals surface area contributed by atoms with Crippen molar-refractivity contribution in [2.24, 2.45) is 5.92 Å². The molecule has 0 unspecified atom stereocenters. The normalized spacial score (nSPS) is 15.0. The first-order valence-electron chi connectivity index (χ1n) is 12.4. The standard InChI is InChI=1S/C29H27FN2O5S/c1-19-14-16-32(17-15-19)38(35,36)23-12-8-20(9-13-23)25(33)18-31-27-24-4-2-3-5-26(24)37-29(27)28(34)21-6-10-22(30)11-7-21/h2-13,19,31H,14-18H2,1H3. The van der Waals surface area contributed by atoms with Gasteiger partial charge in [-0.1, -0.05) is 19.1 Å². The Kier molecular flexibility index (Phi) is 7.14. The lowest BCUT2D eigenvalue weighted by Crippen LogP contribution is -2.37. The van der Waals surface area contributed by atoms with Crippen molar-refractivity contribution in [3.8, 4) is 0 Å². The molecule has 38 heavy (non-hydrogen) atoms. The highest BCUT2D eigenvalue weighted by Gasteiger charge is 2.28. The Morgan fingerprint density at radius 1 is 0.947 bits per heavy atom. The molecule has 7 nitrogen and oxygen atoms in total. The van der Waals surface area contributed by atoms with E-state index in [9.17, 15) is 22.4 Å². The highest BCUT2D eigenvalue weighted by atomic mass is 32.2. The molecule has 0 radical (unpaired) electrons. The second-order valence-corrected chi connectivity index (χ2v) is 11.5. The smallest absolute Gasteiger partial charge is 0.243 e. The van der Waals surface area contributed by atoms with Gasteiger partial charge in [0.2, 0.25) is 15.8 Å². The Bertz CT molecular complexity index is 1590. The van der Waals surface area contributed by atoms with Gasteiger partial charge in [0.05, 0.1) is 17.1 Å². The summed E-state index contributed by atoms with van der Waals surface area (Å²) in [4.78, 5) is 26.3. The average molecular weight is 535 g/mol. The number of hydrogen-bond donors (Lipinski definition) is 1. The summed E-state index contributed by atoms with van der Waals surface area (Å²) >= 11 is 0. The SMILES string of the molecule is CC1CCN(S(=O)(=O)c2ccc(C(=O)CNc3c(C(=O)c4ccc(F)cc4)oc4ccccc34)cc2)CC1. The number of rotatable bonds is 8. The molecule has 0 aliphatic carbocycles. The number of halogens is 1. The summed E-state index contributed by atoms with van der Waals surface area (Å²) in [5.74, 6) is -0.667. The van der Waals surface area contributed by atoms with Crippen LogP contribution in [0.25, 0.3) is 11.0 Å². The highest BCUT2D eigenvalue weighted by Crippen LogP contribution is 2.32. The van der Waals surface area contributed by atoms with Crippen molar-refractivity contribution in [1.82, 2.24) is 4.31 Å². The Morgan fingerprint density at radius 2 is 1.58 bits per heavy atom. The summed E-state index contributed by atoms with van der Waals surface area (Å²) in [7, 11) is -3.61. The number of nitrogens with one attached hydrogen (secondary N) is 1. The molecule has 5 rings (SSSR count). The van der Waals surface area contributed by atoms with E-state index in [0.717, 1.165) is 12.8 Å². The third-order valence-electron chi connectivity index (χ3n) is 6.89. The lowest BCUT2D eigenvalue weighted by atomic mass is 10.0. The summed E-state index contributed by atoms with van der Waals surface area (Å²) < 4.78 is 46.6. The molecule has 0 amide bonds. The number of benzene rings is 3. The van der Waals surface area contributed by atoms with E-state index in [1.807, 2.05) is 0 Å². The third-order valence-corrected chi connectivity index (χ3v) is 8.80. The lowest BCUT2D eigenvalue weighted by molar-refractivity contribution is 0.0997. The van der Waals surface area contributed by atoms with Crippen LogP contribution in [0.1, 0.15) is 46.2 Å². The largest absolute Gasteiger partial charge is 0.450 e. The van der Waals surface area contributed by atoms with Crippen LogP contribution in [0.3, 0.4) is 0 Å². The van der Waals surface area contributed by atoms with Gasteiger partial charge in [-0.25, -0.2) is 12.8 Å². The fourth-order valence-corrected chi connectivity index (χ4v) is 6.04. The van der Waals surface area contributed by atoms with Gasteiger partial charge >= 0.3 is 0 Å². The second kappa shape index (κ2) is 10.5. The van der Waals surface area contributed by atoms with Crippen LogP contribution in [-0.4, -0.2) is 43.9 Å². The molecule has 1 saturated heterocycles. The Hall–Kier alpha value is -3.82. The van der Waals surface area contributed by atoms with Gasteiger partial charge in [-0.2, -0.15) is 4.31 Å². The molecule has 0 spiro atoms. The number of para-hydroxylation sites is 1. The van der Waals surface area contributed by atoms with Crippen molar-refractivity contribution >= 4 is 38.2 Å². The minimum Gasteiger partial charge on any atom is -0.450 e. The molecule has 9 heteroatoms. The molecule has 2 heterocycles. The maximum Gasteiger partial charge on any atom is 0.243 e. The molecule has 1 aromatic heterocycles. The van der Waals surface area contributed by atoms with Gasteiger partial charge in [-0.05, 0) is 79.4 Å². The number of anilines is 1. The Balaban J connectivity index is 1.34. The zero-order valence-electron chi connectivity index (χ0n) is 20.8. The van der Waals surface area contributed by atoms with Gasteiger partial charge in [0, 0.05) is 29.6 Å². The number of piperidine rings is 1. The van der Waals surface area contributed by atoms with Crippen LogP contribution in [-0.2, 0) is 10.0 Å². The summed E-state index contributed by atoms with van der Waals surface area (Å²) in [5.41, 5.74) is 1.42. The minimum absolute atomic E-state index is 0.0166. The zero-order chi connectivity index (χ0) is 26.9. The number of hydrogen-bond acceptors (Lipinski definition) is 6. The average Bonchev–Trinajstić information content (AvgIpc) is 3.30. The van der Waals surface area contributed by atoms with E-state index in [1.165, 1.54) is 52.8 Å². The van der Waals surface area contributed by atoms with Crippen molar-refractivity contribution in [1.29, 1.82) is 0 Å². The van der Waals surface area contributed by atoms with Gasteiger partial charge < -0.3 is 9.73 Å². The first-order valence-corrected chi connectivity index (χ1v) is 13.9. The topological polar surface area (TPSA) is 96.7 Å². The molecule has 1 aliphatic heterocycles. The highest BCUT2D eigenvalue weighted by molar-refractivity contribution is 7.89. The molecule has 1 fully saturated rings. The Labute approximate surface area is 220 Å². The number of furan rings is 1. The molecular weight excluding hydrogens is 507 g/mol. The van der Waals surface area contributed by atoms with Crippen molar-refractivity contribution in [2.75, 3.05) is 25.0 Å². The molecule has 196 valence electrons. The monoisotopic (exact) mass is 534 g/mol. The number of nitrogens with zero attached hydrogens (tertiary/aromatic N) is 1. The number of Topliss-reactive ketones (excluding diaryl/α,β-unsaturated/α-hetero) is 1.